The summed E-state index contributed by atoms with van der Waals surface area (Å²) < 4.78 is 28.5. The van der Waals surface area contributed by atoms with E-state index < -0.39 is 12.4 Å². The van der Waals surface area contributed by atoms with E-state index in [1.54, 1.807) is 6.07 Å². The summed E-state index contributed by atoms with van der Waals surface area (Å²) in [5.41, 5.74) is 9.26. The van der Waals surface area contributed by atoms with Crippen LogP contribution >= 0.6 is 0 Å². The first-order valence-corrected chi connectivity index (χ1v) is 10.7. The maximum atomic E-state index is 12.2. The second-order valence-electron chi connectivity index (χ2n) is 7.78. The zero-order valence-electron chi connectivity index (χ0n) is 18.2. The minimum Gasteiger partial charge on any atom is -0.495 e. The van der Waals surface area contributed by atoms with Crippen molar-refractivity contribution in [1.29, 1.82) is 0 Å². The van der Waals surface area contributed by atoms with Crippen molar-refractivity contribution >= 4 is 28.6 Å². The number of rotatable bonds is 5. The van der Waals surface area contributed by atoms with Gasteiger partial charge in [-0.25, -0.2) is 14.8 Å². The predicted octanol–water partition coefficient (Wildman–Crippen LogP) is 2.92. The van der Waals surface area contributed by atoms with Gasteiger partial charge >= 0.3 is 6.09 Å². The normalized spacial score (nSPS) is 19.0. The van der Waals surface area contributed by atoms with Crippen LogP contribution in [-0.4, -0.2) is 60.6 Å². The zero-order valence-corrected chi connectivity index (χ0v) is 18.2. The number of benzene rings is 1. The number of methoxy groups -OCH3 is 1. The van der Waals surface area contributed by atoms with Gasteiger partial charge in [0, 0.05) is 31.0 Å². The Morgan fingerprint density at radius 1 is 1.24 bits per heavy atom. The molecular weight excluding hydrogens is 430 g/mol. The summed E-state index contributed by atoms with van der Waals surface area (Å²) in [7, 11) is 1.53. The van der Waals surface area contributed by atoms with Crippen molar-refractivity contribution < 1.29 is 28.5 Å². The van der Waals surface area contributed by atoms with Gasteiger partial charge < -0.3 is 34.0 Å². The summed E-state index contributed by atoms with van der Waals surface area (Å²) in [5, 5.41) is 3.46. The zero-order chi connectivity index (χ0) is 22.8. The van der Waals surface area contributed by atoms with Crippen molar-refractivity contribution in [3.63, 3.8) is 0 Å². The summed E-state index contributed by atoms with van der Waals surface area (Å²) in [6.07, 6.45) is 3.95. The number of fused-ring (bicyclic) bond motifs is 1. The lowest BCUT2D eigenvalue weighted by atomic mass is 10.0. The van der Waals surface area contributed by atoms with E-state index in [1.165, 1.54) is 13.4 Å². The molecule has 11 nitrogen and oxygen atoms in total. The molecular formula is C22H25N5O6. The molecule has 1 atom stereocenters. The monoisotopic (exact) mass is 455 g/mol. The third-order valence-corrected chi connectivity index (χ3v) is 5.80. The number of aromatic nitrogens is 3. The van der Waals surface area contributed by atoms with Gasteiger partial charge in [0.1, 0.15) is 30.1 Å². The van der Waals surface area contributed by atoms with Gasteiger partial charge in [-0.05, 0) is 30.5 Å². The van der Waals surface area contributed by atoms with E-state index >= 15 is 0 Å². The average molecular weight is 455 g/mol. The standard InChI is InChI=1S/C22H25N5O6/c1-29-17-8-13(2-3-16(17)26-22(28)33-18-10-31-12-32-18)15-9-27(14-4-6-30-7-5-14)21-19(15)20(23)24-11-25-21/h2-3,8-9,11,14,18H,4-7,10,12H2,1H3,(H,26,28)(H2,23,24,25). The highest BCUT2D eigenvalue weighted by atomic mass is 16.8. The number of nitrogens with one attached hydrogen (secondary N) is 1. The smallest absolute Gasteiger partial charge is 0.414 e. The van der Waals surface area contributed by atoms with Crippen LogP contribution in [-0.2, 0) is 18.9 Å². The van der Waals surface area contributed by atoms with Crippen LogP contribution in [0.2, 0.25) is 0 Å². The van der Waals surface area contributed by atoms with Crippen LogP contribution in [0.4, 0.5) is 16.3 Å². The summed E-state index contributed by atoms with van der Waals surface area (Å²) >= 11 is 0. The number of hydrogen-bond donors (Lipinski definition) is 2. The Hall–Kier alpha value is -3.41. The van der Waals surface area contributed by atoms with Crippen molar-refractivity contribution in [2.75, 3.05) is 44.8 Å². The first-order chi connectivity index (χ1) is 16.1. The highest BCUT2D eigenvalue weighted by molar-refractivity contribution is 6.01. The Labute approximate surface area is 189 Å². The van der Waals surface area contributed by atoms with Gasteiger partial charge in [-0.3, -0.25) is 5.32 Å². The lowest BCUT2D eigenvalue weighted by Crippen LogP contribution is -2.23. The van der Waals surface area contributed by atoms with E-state index in [2.05, 4.69) is 26.0 Å². The molecule has 3 N–H and O–H groups in total. The van der Waals surface area contributed by atoms with Crippen molar-refractivity contribution in [2.24, 2.45) is 0 Å². The molecule has 11 heteroatoms. The number of nitrogens with two attached hydrogens (primary N) is 1. The topological polar surface area (TPSA) is 132 Å². The molecule has 2 saturated heterocycles. The highest BCUT2D eigenvalue weighted by Gasteiger charge is 2.24. The third kappa shape index (κ3) is 4.30. The van der Waals surface area contributed by atoms with E-state index in [1.807, 2.05) is 12.1 Å². The molecule has 2 fully saturated rings. The number of anilines is 2. The first-order valence-electron chi connectivity index (χ1n) is 10.7. The number of hydrogen-bond acceptors (Lipinski definition) is 9. The van der Waals surface area contributed by atoms with E-state index in [4.69, 9.17) is 29.4 Å². The fourth-order valence-corrected chi connectivity index (χ4v) is 4.17. The summed E-state index contributed by atoms with van der Waals surface area (Å²) in [5.74, 6) is 0.875. The lowest BCUT2D eigenvalue weighted by Gasteiger charge is -2.24. The third-order valence-electron chi connectivity index (χ3n) is 5.80. The molecule has 2 aliphatic rings. The number of nitrogen functional groups attached to an aromatic ring is 1. The summed E-state index contributed by atoms with van der Waals surface area (Å²) in [4.78, 5) is 20.9. The van der Waals surface area contributed by atoms with E-state index in [9.17, 15) is 4.79 Å². The van der Waals surface area contributed by atoms with Gasteiger partial charge in [-0.1, -0.05) is 6.07 Å². The quantitative estimate of drug-likeness (QED) is 0.596. The molecule has 3 aromatic rings. The summed E-state index contributed by atoms with van der Waals surface area (Å²) in [6.45, 7) is 1.72. The number of carbonyl (C=O) groups is 1. The molecule has 1 unspecified atom stereocenters. The highest BCUT2D eigenvalue weighted by Crippen LogP contribution is 2.39. The van der Waals surface area contributed by atoms with Gasteiger partial charge in [-0.2, -0.15) is 0 Å². The van der Waals surface area contributed by atoms with Crippen LogP contribution in [0.5, 0.6) is 5.75 Å². The minimum atomic E-state index is -0.727. The molecule has 0 bridgehead atoms. The second kappa shape index (κ2) is 9.22. The molecule has 0 saturated carbocycles. The average Bonchev–Trinajstić information content (AvgIpc) is 3.48. The number of amides is 1. The maximum Gasteiger partial charge on any atom is 0.414 e. The van der Waals surface area contributed by atoms with Crippen LogP contribution in [0.25, 0.3) is 22.2 Å². The van der Waals surface area contributed by atoms with Gasteiger partial charge in [0.2, 0.25) is 6.29 Å². The number of ether oxygens (including phenoxy) is 5. The van der Waals surface area contributed by atoms with E-state index in [-0.39, 0.29) is 19.4 Å². The molecule has 5 rings (SSSR count). The van der Waals surface area contributed by atoms with Gasteiger partial charge in [0.25, 0.3) is 0 Å². The van der Waals surface area contributed by atoms with Crippen molar-refractivity contribution in [2.45, 2.75) is 25.2 Å². The molecule has 174 valence electrons. The Kier molecular flexibility index (Phi) is 5.99. The minimum absolute atomic E-state index is 0.101. The van der Waals surface area contributed by atoms with Gasteiger partial charge in [0.15, 0.2) is 6.79 Å². The van der Waals surface area contributed by atoms with Crippen molar-refractivity contribution in [1.82, 2.24) is 14.5 Å². The fraction of sp³-hybridized carbons (Fsp3) is 0.409. The molecule has 0 aliphatic carbocycles. The van der Waals surface area contributed by atoms with E-state index in [0.29, 0.717) is 30.5 Å². The van der Waals surface area contributed by atoms with Crippen molar-refractivity contribution in [3.8, 4) is 16.9 Å². The first kappa shape index (κ1) is 21.4. The molecule has 2 aromatic heterocycles. The molecule has 0 spiro atoms. The van der Waals surface area contributed by atoms with Crippen LogP contribution in [0, 0.1) is 0 Å². The molecule has 1 aromatic carbocycles. The Morgan fingerprint density at radius 2 is 2.09 bits per heavy atom. The molecule has 4 heterocycles. The fourth-order valence-electron chi connectivity index (χ4n) is 4.17. The Bertz CT molecular complexity index is 1150. The molecule has 33 heavy (non-hydrogen) atoms. The van der Waals surface area contributed by atoms with Crippen LogP contribution in [0.1, 0.15) is 18.9 Å². The maximum absolute atomic E-state index is 12.2. The summed E-state index contributed by atoms with van der Waals surface area (Å²) in [6, 6.07) is 5.73. The SMILES string of the molecule is COc1cc(-c2cn(C3CCOCC3)c3ncnc(N)c23)ccc1NC(=O)OC1COCO1. The van der Waals surface area contributed by atoms with Crippen molar-refractivity contribution in [3.05, 3.63) is 30.7 Å². The van der Waals surface area contributed by atoms with Gasteiger partial charge in [-0.15, -0.1) is 0 Å². The largest absolute Gasteiger partial charge is 0.495 e. The Morgan fingerprint density at radius 3 is 2.85 bits per heavy atom. The van der Waals surface area contributed by atoms with Crippen LogP contribution in [0.15, 0.2) is 30.7 Å². The molecule has 0 radical (unpaired) electrons. The number of nitrogens with zero attached hydrogens (tertiary/aromatic N) is 3. The van der Waals surface area contributed by atoms with Crippen LogP contribution < -0.4 is 15.8 Å². The Balaban J connectivity index is 1.47. The lowest BCUT2D eigenvalue weighted by molar-refractivity contribution is -0.0621. The van der Waals surface area contributed by atoms with Gasteiger partial charge in [0.05, 0.1) is 18.2 Å². The predicted molar refractivity (Wildman–Crippen MR) is 119 cm³/mol. The van der Waals surface area contributed by atoms with E-state index in [0.717, 1.165) is 35.0 Å². The second-order valence-corrected chi connectivity index (χ2v) is 7.78. The molecule has 2 aliphatic heterocycles. The number of carbonyl (C=O) groups excluding carboxylic acids is 1. The van der Waals surface area contributed by atoms with Crippen LogP contribution in [0.3, 0.4) is 0 Å². The molecule has 1 amide bonds.